The van der Waals surface area contributed by atoms with E-state index in [1.165, 1.54) is 51.6 Å². The van der Waals surface area contributed by atoms with E-state index in [2.05, 4.69) is 24.1 Å². The topological polar surface area (TPSA) is 15.3 Å². The van der Waals surface area contributed by atoms with Crippen LogP contribution in [0.1, 0.15) is 52.4 Å². The molecule has 2 aliphatic carbocycles. The van der Waals surface area contributed by atoms with Crippen molar-refractivity contribution in [2.45, 2.75) is 70.0 Å². The molecule has 0 aromatic rings. The van der Waals surface area contributed by atoms with Gasteiger partial charge in [-0.05, 0) is 32.1 Å². The van der Waals surface area contributed by atoms with Crippen LogP contribution in [0, 0.1) is 5.92 Å². The van der Waals surface area contributed by atoms with Crippen molar-refractivity contribution in [2.75, 3.05) is 13.1 Å². The first-order valence-corrected chi connectivity index (χ1v) is 7.25. The molecule has 3 aliphatic rings. The summed E-state index contributed by atoms with van der Waals surface area (Å²) in [5, 5.41) is 3.85. The lowest BCUT2D eigenvalue weighted by Crippen LogP contribution is -2.63. The number of rotatable bonds is 2. The van der Waals surface area contributed by atoms with Crippen LogP contribution in [0.15, 0.2) is 0 Å². The normalized spacial score (nSPS) is 42.8. The van der Waals surface area contributed by atoms with Gasteiger partial charge in [-0.2, -0.15) is 0 Å². The minimum absolute atomic E-state index is 0.507. The second kappa shape index (κ2) is 3.99. The number of piperazine rings is 1. The van der Waals surface area contributed by atoms with Crippen LogP contribution in [-0.2, 0) is 0 Å². The zero-order chi connectivity index (χ0) is 11.2. The van der Waals surface area contributed by atoms with E-state index in [0.29, 0.717) is 5.54 Å². The predicted octanol–water partition coefficient (Wildman–Crippen LogP) is 2.39. The average molecular weight is 222 g/mol. The third kappa shape index (κ3) is 1.80. The Kier molecular flexibility index (Phi) is 2.75. The van der Waals surface area contributed by atoms with Crippen LogP contribution in [0.5, 0.6) is 0 Å². The monoisotopic (exact) mass is 222 g/mol. The highest BCUT2D eigenvalue weighted by Gasteiger charge is 2.48. The fraction of sp³-hybridized carbons (Fsp3) is 1.00. The molecule has 1 saturated heterocycles. The van der Waals surface area contributed by atoms with E-state index in [1.54, 1.807) is 0 Å². The molecule has 1 aliphatic heterocycles. The minimum Gasteiger partial charge on any atom is -0.308 e. The van der Waals surface area contributed by atoms with E-state index in [-0.39, 0.29) is 0 Å². The van der Waals surface area contributed by atoms with E-state index in [1.807, 2.05) is 0 Å². The molecule has 3 atom stereocenters. The van der Waals surface area contributed by atoms with E-state index >= 15 is 0 Å². The zero-order valence-electron chi connectivity index (χ0n) is 10.8. The largest absolute Gasteiger partial charge is 0.308 e. The van der Waals surface area contributed by atoms with Gasteiger partial charge in [-0.1, -0.05) is 26.2 Å². The predicted molar refractivity (Wildman–Crippen MR) is 67.6 cm³/mol. The summed E-state index contributed by atoms with van der Waals surface area (Å²) in [7, 11) is 0. The van der Waals surface area contributed by atoms with Crippen molar-refractivity contribution in [2.24, 2.45) is 5.92 Å². The van der Waals surface area contributed by atoms with Crippen molar-refractivity contribution >= 4 is 0 Å². The van der Waals surface area contributed by atoms with E-state index in [4.69, 9.17) is 0 Å². The lowest BCUT2D eigenvalue weighted by atomic mass is 9.92. The van der Waals surface area contributed by atoms with Crippen molar-refractivity contribution in [1.29, 1.82) is 0 Å². The first-order valence-electron chi connectivity index (χ1n) is 7.25. The maximum Gasteiger partial charge on any atom is 0.0309 e. The Morgan fingerprint density at radius 2 is 2.06 bits per heavy atom. The molecule has 0 amide bonds. The molecular weight excluding hydrogens is 196 g/mol. The van der Waals surface area contributed by atoms with Gasteiger partial charge in [0, 0.05) is 30.7 Å². The van der Waals surface area contributed by atoms with Gasteiger partial charge in [-0.3, -0.25) is 4.90 Å². The third-order valence-corrected chi connectivity index (χ3v) is 5.22. The smallest absolute Gasteiger partial charge is 0.0309 e. The average Bonchev–Trinajstić information content (AvgIpc) is 2.95. The van der Waals surface area contributed by atoms with Gasteiger partial charge in [-0.15, -0.1) is 0 Å². The first kappa shape index (κ1) is 11.0. The Labute approximate surface area is 99.8 Å². The summed E-state index contributed by atoms with van der Waals surface area (Å²) >= 11 is 0. The molecule has 16 heavy (non-hydrogen) atoms. The van der Waals surface area contributed by atoms with Crippen LogP contribution in [-0.4, -0.2) is 35.6 Å². The molecule has 3 unspecified atom stereocenters. The third-order valence-electron chi connectivity index (χ3n) is 5.22. The van der Waals surface area contributed by atoms with Crippen molar-refractivity contribution < 1.29 is 0 Å². The summed E-state index contributed by atoms with van der Waals surface area (Å²) in [6.45, 7) is 7.30. The number of nitrogens with zero attached hydrogens (tertiary/aromatic N) is 1. The van der Waals surface area contributed by atoms with E-state index in [0.717, 1.165) is 18.0 Å². The molecule has 1 N–H and O–H groups in total. The Morgan fingerprint density at radius 1 is 1.31 bits per heavy atom. The molecule has 2 heteroatoms. The molecule has 0 bridgehead atoms. The Balaban J connectivity index is 1.67. The molecule has 2 saturated carbocycles. The van der Waals surface area contributed by atoms with Gasteiger partial charge in [-0.25, -0.2) is 0 Å². The highest BCUT2D eigenvalue weighted by Crippen LogP contribution is 2.43. The number of hydrogen-bond acceptors (Lipinski definition) is 2. The molecular formula is C14H26N2. The zero-order valence-corrected chi connectivity index (χ0v) is 10.8. The molecule has 1 heterocycles. The molecule has 0 aromatic carbocycles. The van der Waals surface area contributed by atoms with Gasteiger partial charge < -0.3 is 5.32 Å². The van der Waals surface area contributed by atoms with Crippen molar-refractivity contribution in [3.05, 3.63) is 0 Å². The summed E-state index contributed by atoms with van der Waals surface area (Å²) in [5.41, 5.74) is 0.507. The van der Waals surface area contributed by atoms with E-state index < -0.39 is 0 Å². The summed E-state index contributed by atoms with van der Waals surface area (Å²) in [4.78, 5) is 2.83. The summed E-state index contributed by atoms with van der Waals surface area (Å²) in [6, 6.07) is 1.69. The maximum atomic E-state index is 3.85. The Bertz CT molecular complexity index is 257. The van der Waals surface area contributed by atoms with Crippen LogP contribution in [0.2, 0.25) is 0 Å². The highest BCUT2D eigenvalue weighted by atomic mass is 15.3. The molecule has 92 valence electrons. The van der Waals surface area contributed by atoms with E-state index in [9.17, 15) is 0 Å². The Morgan fingerprint density at radius 3 is 2.69 bits per heavy atom. The quantitative estimate of drug-likeness (QED) is 0.772. The first-order chi connectivity index (χ1) is 7.74. The fourth-order valence-electron chi connectivity index (χ4n) is 3.95. The van der Waals surface area contributed by atoms with Crippen LogP contribution < -0.4 is 5.32 Å². The minimum atomic E-state index is 0.507. The van der Waals surface area contributed by atoms with Crippen molar-refractivity contribution in [3.8, 4) is 0 Å². The van der Waals surface area contributed by atoms with Crippen LogP contribution in [0.3, 0.4) is 0 Å². The summed E-state index contributed by atoms with van der Waals surface area (Å²) in [6.07, 6.45) is 8.57. The van der Waals surface area contributed by atoms with Gasteiger partial charge in [0.1, 0.15) is 0 Å². The van der Waals surface area contributed by atoms with Crippen LogP contribution in [0.4, 0.5) is 0 Å². The van der Waals surface area contributed by atoms with Gasteiger partial charge in [0.2, 0.25) is 0 Å². The van der Waals surface area contributed by atoms with Crippen LogP contribution in [0.25, 0.3) is 0 Å². The standard InChI is InChI=1S/C14H26N2/c1-3-12-8-13(12)16-10-14(6-4-5-7-14)15-9-11(16)2/h11-13,15H,3-10H2,1-2H3. The second-order valence-electron chi connectivity index (χ2n) is 6.36. The fourth-order valence-corrected chi connectivity index (χ4v) is 3.95. The molecule has 2 nitrogen and oxygen atoms in total. The summed E-state index contributed by atoms with van der Waals surface area (Å²) in [5.74, 6) is 1.01. The molecule has 3 fully saturated rings. The lowest BCUT2D eigenvalue weighted by molar-refractivity contribution is 0.0773. The van der Waals surface area contributed by atoms with Crippen molar-refractivity contribution in [3.63, 3.8) is 0 Å². The van der Waals surface area contributed by atoms with Gasteiger partial charge in [0.05, 0.1) is 0 Å². The number of nitrogens with one attached hydrogen (secondary N) is 1. The van der Waals surface area contributed by atoms with Gasteiger partial charge in [0.25, 0.3) is 0 Å². The van der Waals surface area contributed by atoms with Crippen LogP contribution >= 0.6 is 0 Å². The van der Waals surface area contributed by atoms with Gasteiger partial charge in [0.15, 0.2) is 0 Å². The molecule has 0 aromatic heterocycles. The maximum absolute atomic E-state index is 3.85. The molecule has 3 rings (SSSR count). The highest BCUT2D eigenvalue weighted by molar-refractivity contribution is 5.05. The lowest BCUT2D eigenvalue weighted by Gasteiger charge is -2.46. The van der Waals surface area contributed by atoms with Crippen molar-refractivity contribution in [1.82, 2.24) is 10.2 Å². The second-order valence-corrected chi connectivity index (χ2v) is 6.36. The Hall–Kier alpha value is -0.0800. The molecule has 0 radical (unpaired) electrons. The number of hydrogen-bond donors (Lipinski definition) is 1. The summed E-state index contributed by atoms with van der Waals surface area (Å²) < 4.78 is 0. The SMILES string of the molecule is CCC1CC1N1CC2(CCCC2)NCC1C. The van der Waals surface area contributed by atoms with Gasteiger partial charge >= 0.3 is 0 Å². The molecule has 1 spiro atoms.